The Labute approximate surface area is 406 Å². The molecule has 0 aliphatic heterocycles. The van der Waals surface area contributed by atoms with Crippen LogP contribution in [0.3, 0.4) is 0 Å². The summed E-state index contributed by atoms with van der Waals surface area (Å²) in [4.78, 5) is 38.1. The zero-order chi connectivity index (χ0) is 47.5. The predicted molar refractivity (Wildman–Crippen MR) is 280 cm³/mol. The molecule has 0 radical (unpaired) electrons. The Balaban J connectivity index is 4.25. The molecule has 6 heteroatoms. The molecule has 0 spiro atoms. The number of unbranched alkanes of at least 4 members (excludes halogenated alkanes) is 38. The molecule has 0 bridgehead atoms. The Kier molecular flexibility index (Phi) is 50.5. The normalized spacial score (nSPS) is 12.0. The lowest BCUT2D eigenvalue weighted by Crippen LogP contribution is -2.30. The predicted octanol–water partition coefficient (Wildman–Crippen LogP) is 19.3. The van der Waals surface area contributed by atoms with E-state index in [0.717, 1.165) is 69.6 Å². The fourth-order valence-corrected chi connectivity index (χ4v) is 9.05. The molecule has 0 fully saturated rings. The molecular formula is C59H114O6. The lowest BCUT2D eigenvalue weighted by molar-refractivity contribution is -0.167. The fraction of sp³-hybridized carbons (Fsp3) is 0.949. The van der Waals surface area contributed by atoms with E-state index in [2.05, 4.69) is 34.6 Å². The average Bonchev–Trinajstić information content (AvgIpc) is 3.28. The minimum absolute atomic E-state index is 0.0625. The van der Waals surface area contributed by atoms with Crippen molar-refractivity contribution in [2.75, 3.05) is 13.2 Å². The molecule has 6 nitrogen and oxygen atoms in total. The van der Waals surface area contributed by atoms with Crippen molar-refractivity contribution in [1.29, 1.82) is 0 Å². The smallest absolute Gasteiger partial charge is 0.306 e. The van der Waals surface area contributed by atoms with E-state index in [1.54, 1.807) is 0 Å². The van der Waals surface area contributed by atoms with Gasteiger partial charge in [-0.3, -0.25) is 14.4 Å². The highest BCUT2D eigenvalue weighted by molar-refractivity contribution is 5.71. The van der Waals surface area contributed by atoms with Crippen LogP contribution in [0.4, 0.5) is 0 Å². The van der Waals surface area contributed by atoms with Crippen LogP contribution in [-0.4, -0.2) is 37.2 Å². The lowest BCUT2D eigenvalue weighted by atomic mass is 10.0. The second-order valence-corrected chi connectivity index (χ2v) is 21.2. The van der Waals surface area contributed by atoms with Gasteiger partial charge in [0.05, 0.1) is 0 Å². The maximum atomic E-state index is 12.8. The maximum Gasteiger partial charge on any atom is 0.306 e. The molecule has 386 valence electrons. The summed E-state index contributed by atoms with van der Waals surface area (Å²) in [5.74, 6) is 0.854. The van der Waals surface area contributed by atoms with Crippen molar-refractivity contribution < 1.29 is 28.6 Å². The first-order valence-electron chi connectivity index (χ1n) is 29.2. The molecule has 1 atom stereocenters. The molecule has 0 unspecified atom stereocenters. The minimum Gasteiger partial charge on any atom is -0.462 e. The molecule has 0 aromatic carbocycles. The van der Waals surface area contributed by atoms with Gasteiger partial charge in [0.25, 0.3) is 0 Å². The summed E-state index contributed by atoms with van der Waals surface area (Å²) in [6.07, 6.45) is 55.2. The van der Waals surface area contributed by atoms with Crippen LogP contribution in [0.1, 0.15) is 330 Å². The SMILES string of the molecule is CCCCCCCCCCCCCCC(=O)O[C@@H](COC(=O)CCCCCCCCCCCCCCCCCCC(C)C)COC(=O)CCCCCCCCCCCCCCCC(C)C. The second-order valence-electron chi connectivity index (χ2n) is 21.2. The number of ether oxygens (including phenoxy) is 3. The van der Waals surface area contributed by atoms with Gasteiger partial charge in [-0.05, 0) is 31.1 Å². The van der Waals surface area contributed by atoms with Gasteiger partial charge >= 0.3 is 17.9 Å². The van der Waals surface area contributed by atoms with Crippen molar-refractivity contribution in [2.24, 2.45) is 11.8 Å². The second kappa shape index (κ2) is 51.8. The largest absolute Gasteiger partial charge is 0.462 e. The van der Waals surface area contributed by atoms with Crippen LogP contribution in [0.2, 0.25) is 0 Å². The molecule has 0 rings (SSSR count). The molecule has 0 aliphatic carbocycles. The van der Waals surface area contributed by atoms with Crippen molar-refractivity contribution in [3.63, 3.8) is 0 Å². The van der Waals surface area contributed by atoms with E-state index in [4.69, 9.17) is 14.2 Å². The van der Waals surface area contributed by atoms with E-state index in [1.807, 2.05) is 0 Å². The topological polar surface area (TPSA) is 78.9 Å². The molecule has 0 aromatic rings. The van der Waals surface area contributed by atoms with Gasteiger partial charge in [-0.15, -0.1) is 0 Å². The summed E-state index contributed by atoms with van der Waals surface area (Å²) < 4.78 is 16.9. The van der Waals surface area contributed by atoms with Crippen molar-refractivity contribution in [3.8, 4) is 0 Å². The molecular weight excluding hydrogens is 805 g/mol. The number of rotatable bonds is 53. The summed E-state index contributed by atoms with van der Waals surface area (Å²) in [6, 6.07) is 0. The summed E-state index contributed by atoms with van der Waals surface area (Å²) in [5, 5.41) is 0. The number of hydrogen-bond donors (Lipinski definition) is 0. The zero-order valence-corrected chi connectivity index (χ0v) is 44.6. The van der Waals surface area contributed by atoms with Crippen LogP contribution in [-0.2, 0) is 28.6 Å². The molecule has 0 aliphatic rings. The highest BCUT2D eigenvalue weighted by atomic mass is 16.6. The molecule has 65 heavy (non-hydrogen) atoms. The van der Waals surface area contributed by atoms with Crippen LogP contribution >= 0.6 is 0 Å². The fourth-order valence-electron chi connectivity index (χ4n) is 9.05. The van der Waals surface area contributed by atoms with Gasteiger partial charge in [0.15, 0.2) is 6.10 Å². The number of hydrogen-bond acceptors (Lipinski definition) is 6. The third kappa shape index (κ3) is 53.2. The van der Waals surface area contributed by atoms with E-state index >= 15 is 0 Å². The van der Waals surface area contributed by atoms with Crippen molar-refractivity contribution in [3.05, 3.63) is 0 Å². The average molecular weight is 920 g/mol. The van der Waals surface area contributed by atoms with Crippen LogP contribution in [0.25, 0.3) is 0 Å². The zero-order valence-electron chi connectivity index (χ0n) is 44.6. The first-order chi connectivity index (χ1) is 31.7. The van der Waals surface area contributed by atoms with Gasteiger partial charge < -0.3 is 14.2 Å². The Morgan fingerprint density at radius 2 is 0.508 bits per heavy atom. The summed E-state index contributed by atoms with van der Waals surface area (Å²) in [7, 11) is 0. The lowest BCUT2D eigenvalue weighted by Gasteiger charge is -2.18. The monoisotopic (exact) mass is 919 g/mol. The van der Waals surface area contributed by atoms with Gasteiger partial charge in [0.2, 0.25) is 0 Å². The van der Waals surface area contributed by atoms with Crippen LogP contribution in [0.15, 0.2) is 0 Å². The highest BCUT2D eigenvalue weighted by Crippen LogP contribution is 2.18. The van der Waals surface area contributed by atoms with Gasteiger partial charge in [-0.1, -0.05) is 291 Å². The third-order valence-corrected chi connectivity index (χ3v) is 13.5. The first-order valence-corrected chi connectivity index (χ1v) is 29.2. The van der Waals surface area contributed by atoms with Gasteiger partial charge in [0.1, 0.15) is 13.2 Å². The minimum atomic E-state index is -0.762. The van der Waals surface area contributed by atoms with Crippen LogP contribution in [0.5, 0.6) is 0 Å². The van der Waals surface area contributed by atoms with E-state index < -0.39 is 6.10 Å². The van der Waals surface area contributed by atoms with Crippen LogP contribution in [0, 0.1) is 11.8 Å². The molecule has 0 amide bonds. The molecule has 0 heterocycles. The third-order valence-electron chi connectivity index (χ3n) is 13.5. The number of carbonyl (C=O) groups is 3. The van der Waals surface area contributed by atoms with Crippen molar-refractivity contribution in [1.82, 2.24) is 0 Å². The molecule has 0 saturated heterocycles. The Morgan fingerprint density at radius 1 is 0.292 bits per heavy atom. The summed E-state index contributed by atoms with van der Waals surface area (Å²) in [6.45, 7) is 11.4. The maximum absolute atomic E-state index is 12.8. The van der Waals surface area contributed by atoms with E-state index in [0.29, 0.717) is 19.3 Å². The first kappa shape index (κ1) is 63.4. The molecule has 0 saturated carbocycles. The Hall–Kier alpha value is -1.59. The molecule has 0 N–H and O–H groups in total. The standard InChI is InChI=1S/C59H114O6/c1-6-7-8-9-10-11-12-24-31-36-41-46-51-59(62)65-56(53-64-58(61)50-45-40-35-30-26-21-17-19-23-28-33-38-43-48-55(4)5)52-63-57(60)49-44-39-34-29-25-20-16-14-13-15-18-22-27-32-37-42-47-54(2)3/h54-56H,6-53H2,1-5H3/t56-/m0/s1. The van der Waals surface area contributed by atoms with Gasteiger partial charge in [-0.2, -0.15) is 0 Å². The Morgan fingerprint density at radius 3 is 0.754 bits per heavy atom. The highest BCUT2D eigenvalue weighted by Gasteiger charge is 2.19. The number of carbonyl (C=O) groups excluding carboxylic acids is 3. The van der Waals surface area contributed by atoms with E-state index in [1.165, 1.54) is 218 Å². The van der Waals surface area contributed by atoms with E-state index in [9.17, 15) is 14.4 Å². The number of esters is 3. The molecule has 0 aromatic heterocycles. The van der Waals surface area contributed by atoms with Crippen LogP contribution < -0.4 is 0 Å². The summed E-state index contributed by atoms with van der Waals surface area (Å²) >= 11 is 0. The van der Waals surface area contributed by atoms with Crippen molar-refractivity contribution >= 4 is 17.9 Å². The Bertz CT molecular complexity index is 993. The van der Waals surface area contributed by atoms with Gasteiger partial charge in [-0.25, -0.2) is 0 Å². The van der Waals surface area contributed by atoms with Crippen molar-refractivity contribution in [2.45, 2.75) is 336 Å². The van der Waals surface area contributed by atoms with Gasteiger partial charge in [0, 0.05) is 19.3 Å². The van der Waals surface area contributed by atoms with E-state index in [-0.39, 0.29) is 31.1 Å². The quantitative estimate of drug-likeness (QED) is 0.0344. The summed E-state index contributed by atoms with van der Waals surface area (Å²) in [5.41, 5.74) is 0.